The molecule has 0 saturated heterocycles. The first kappa shape index (κ1) is 19.9. The summed E-state index contributed by atoms with van der Waals surface area (Å²) in [5, 5.41) is 18.7. The number of halogens is 2. The highest BCUT2D eigenvalue weighted by Gasteiger charge is 2.09. The van der Waals surface area contributed by atoms with Crippen LogP contribution < -0.4 is 5.43 Å². The third kappa shape index (κ3) is 4.71. The summed E-state index contributed by atoms with van der Waals surface area (Å²) in [5.41, 5.74) is 6.14. The van der Waals surface area contributed by atoms with Crippen LogP contribution in [0.3, 0.4) is 0 Å². The standard InChI is InChI=1S/C20H18Cl2N4O2/c1-12-6-13(2)26(25-12)11-14-4-3-5-15(7-14)20(28)24-23-10-16-8-17(21)9-18(22)19(16)27/h3-10,27H,11H2,1-2H3,(H,24,28). The average molecular weight is 417 g/mol. The summed E-state index contributed by atoms with van der Waals surface area (Å²) in [4.78, 5) is 12.4. The third-order valence-corrected chi connectivity index (χ3v) is 4.56. The number of hydrogen-bond donors (Lipinski definition) is 2. The van der Waals surface area contributed by atoms with Gasteiger partial charge in [-0.15, -0.1) is 0 Å². The summed E-state index contributed by atoms with van der Waals surface area (Å²) >= 11 is 11.8. The van der Waals surface area contributed by atoms with Gasteiger partial charge in [-0.2, -0.15) is 10.2 Å². The molecule has 2 aromatic carbocycles. The topological polar surface area (TPSA) is 79.5 Å². The van der Waals surface area contributed by atoms with Crippen molar-refractivity contribution in [3.8, 4) is 5.75 Å². The highest BCUT2D eigenvalue weighted by molar-refractivity contribution is 6.36. The van der Waals surface area contributed by atoms with Gasteiger partial charge in [0.1, 0.15) is 5.75 Å². The van der Waals surface area contributed by atoms with Crippen molar-refractivity contribution in [2.75, 3.05) is 0 Å². The Bertz CT molecular complexity index is 1060. The van der Waals surface area contributed by atoms with E-state index >= 15 is 0 Å². The molecule has 3 aromatic rings. The van der Waals surface area contributed by atoms with Crippen LogP contribution in [-0.4, -0.2) is 27.0 Å². The second-order valence-electron chi connectivity index (χ2n) is 6.31. The van der Waals surface area contributed by atoms with E-state index in [4.69, 9.17) is 23.2 Å². The Balaban J connectivity index is 1.70. The Morgan fingerprint density at radius 3 is 2.75 bits per heavy atom. The molecule has 144 valence electrons. The lowest BCUT2D eigenvalue weighted by Gasteiger charge is -2.07. The van der Waals surface area contributed by atoms with Crippen LogP contribution in [0.2, 0.25) is 10.0 Å². The van der Waals surface area contributed by atoms with E-state index in [1.165, 1.54) is 18.3 Å². The molecular weight excluding hydrogens is 399 g/mol. The summed E-state index contributed by atoms with van der Waals surface area (Å²) < 4.78 is 1.89. The summed E-state index contributed by atoms with van der Waals surface area (Å²) in [5.74, 6) is -0.532. The lowest BCUT2D eigenvalue weighted by molar-refractivity contribution is 0.0955. The number of nitrogens with one attached hydrogen (secondary N) is 1. The van der Waals surface area contributed by atoms with Crippen molar-refractivity contribution >= 4 is 35.3 Å². The Hall–Kier alpha value is -2.83. The van der Waals surface area contributed by atoms with E-state index in [0.717, 1.165) is 17.0 Å². The molecule has 0 aliphatic carbocycles. The molecule has 0 saturated carbocycles. The van der Waals surface area contributed by atoms with Gasteiger partial charge in [-0.25, -0.2) is 5.43 Å². The molecule has 1 amide bonds. The molecular formula is C20H18Cl2N4O2. The smallest absolute Gasteiger partial charge is 0.271 e. The van der Waals surface area contributed by atoms with Crippen molar-refractivity contribution < 1.29 is 9.90 Å². The van der Waals surface area contributed by atoms with Crippen LogP contribution in [-0.2, 0) is 6.54 Å². The van der Waals surface area contributed by atoms with Gasteiger partial charge in [0.15, 0.2) is 0 Å². The van der Waals surface area contributed by atoms with E-state index in [0.29, 0.717) is 22.7 Å². The number of phenols is 1. The SMILES string of the molecule is Cc1cc(C)n(Cc2cccc(C(=O)NN=Cc3cc(Cl)cc(Cl)c3O)c2)n1. The van der Waals surface area contributed by atoms with Crippen LogP contribution in [0.5, 0.6) is 5.75 Å². The van der Waals surface area contributed by atoms with E-state index in [1.807, 2.05) is 36.7 Å². The van der Waals surface area contributed by atoms with E-state index in [9.17, 15) is 9.90 Å². The van der Waals surface area contributed by atoms with E-state index in [1.54, 1.807) is 12.1 Å². The minimum atomic E-state index is -0.376. The number of hydrazone groups is 1. The number of benzene rings is 2. The Kier molecular flexibility index (Phi) is 6.02. The number of carbonyl (C=O) groups excluding carboxylic acids is 1. The molecule has 3 rings (SSSR count). The van der Waals surface area contributed by atoms with Crippen molar-refractivity contribution in [2.45, 2.75) is 20.4 Å². The maximum Gasteiger partial charge on any atom is 0.271 e. The average Bonchev–Trinajstić information content (AvgIpc) is 2.96. The number of phenolic OH excluding ortho intramolecular Hbond substituents is 1. The molecule has 0 radical (unpaired) electrons. The predicted octanol–water partition coefficient (Wildman–Crippen LogP) is 4.32. The van der Waals surface area contributed by atoms with Gasteiger partial charge in [0, 0.05) is 21.8 Å². The summed E-state index contributed by atoms with van der Waals surface area (Å²) in [7, 11) is 0. The van der Waals surface area contributed by atoms with Crippen LogP contribution >= 0.6 is 23.2 Å². The molecule has 8 heteroatoms. The van der Waals surface area contributed by atoms with Crippen molar-refractivity contribution in [3.05, 3.63) is 80.6 Å². The minimum Gasteiger partial charge on any atom is -0.506 e. The fourth-order valence-electron chi connectivity index (χ4n) is 2.73. The molecule has 0 atom stereocenters. The Morgan fingerprint density at radius 2 is 2.04 bits per heavy atom. The van der Waals surface area contributed by atoms with Gasteiger partial charge in [0.2, 0.25) is 0 Å². The molecule has 1 aromatic heterocycles. The molecule has 2 N–H and O–H groups in total. The first-order valence-electron chi connectivity index (χ1n) is 8.45. The number of nitrogens with zero attached hydrogens (tertiary/aromatic N) is 3. The number of aromatic hydroxyl groups is 1. The molecule has 0 unspecified atom stereocenters. The largest absolute Gasteiger partial charge is 0.506 e. The van der Waals surface area contributed by atoms with Gasteiger partial charge in [-0.3, -0.25) is 9.48 Å². The summed E-state index contributed by atoms with van der Waals surface area (Å²) in [6.07, 6.45) is 1.28. The van der Waals surface area contributed by atoms with Crippen molar-refractivity contribution in [1.29, 1.82) is 0 Å². The van der Waals surface area contributed by atoms with E-state index < -0.39 is 0 Å². The van der Waals surface area contributed by atoms with E-state index in [2.05, 4.69) is 15.6 Å². The monoisotopic (exact) mass is 416 g/mol. The van der Waals surface area contributed by atoms with Gasteiger partial charge < -0.3 is 5.11 Å². The lowest BCUT2D eigenvalue weighted by Crippen LogP contribution is -2.18. The van der Waals surface area contributed by atoms with Crippen LogP contribution in [0.25, 0.3) is 0 Å². The lowest BCUT2D eigenvalue weighted by atomic mass is 10.1. The Labute approximate surface area is 172 Å². The number of amides is 1. The quantitative estimate of drug-likeness (QED) is 0.479. The molecule has 1 heterocycles. The van der Waals surface area contributed by atoms with Crippen LogP contribution in [0.1, 0.15) is 32.9 Å². The van der Waals surface area contributed by atoms with E-state index in [-0.39, 0.29) is 16.7 Å². The molecule has 28 heavy (non-hydrogen) atoms. The second-order valence-corrected chi connectivity index (χ2v) is 7.15. The van der Waals surface area contributed by atoms with Crippen molar-refractivity contribution in [1.82, 2.24) is 15.2 Å². The Morgan fingerprint density at radius 1 is 1.25 bits per heavy atom. The molecule has 0 aliphatic rings. The third-order valence-electron chi connectivity index (χ3n) is 4.05. The minimum absolute atomic E-state index is 0.108. The molecule has 0 spiro atoms. The van der Waals surface area contributed by atoms with Gasteiger partial charge in [0.05, 0.1) is 23.5 Å². The van der Waals surface area contributed by atoms with Crippen LogP contribution in [0, 0.1) is 13.8 Å². The van der Waals surface area contributed by atoms with Gasteiger partial charge in [-0.05, 0) is 49.7 Å². The fourth-order valence-corrected chi connectivity index (χ4v) is 3.24. The summed E-state index contributed by atoms with van der Waals surface area (Å²) in [6.45, 7) is 4.50. The van der Waals surface area contributed by atoms with Gasteiger partial charge in [-0.1, -0.05) is 35.3 Å². The number of carbonyl (C=O) groups is 1. The molecule has 6 nitrogen and oxygen atoms in total. The zero-order valence-electron chi connectivity index (χ0n) is 15.3. The zero-order valence-corrected chi connectivity index (χ0v) is 16.8. The fraction of sp³-hybridized carbons (Fsp3) is 0.150. The molecule has 0 fully saturated rings. The predicted molar refractivity (Wildman–Crippen MR) is 110 cm³/mol. The van der Waals surface area contributed by atoms with Gasteiger partial charge >= 0.3 is 0 Å². The summed E-state index contributed by atoms with van der Waals surface area (Å²) in [6, 6.07) is 12.1. The van der Waals surface area contributed by atoms with Crippen LogP contribution in [0.4, 0.5) is 0 Å². The van der Waals surface area contributed by atoms with Gasteiger partial charge in [0.25, 0.3) is 5.91 Å². The normalized spacial score (nSPS) is 11.1. The van der Waals surface area contributed by atoms with Crippen molar-refractivity contribution in [2.24, 2.45) is 5.10 Å². The highest BCUT2D eigenvalue weighted by atomic mass is 35.5. The zero-order chi connectivity index (χ0) is 20.3. The number of aryl methyl sites for hydroxylation is 2. The number of rotatable bonds is 5. The first-order chi connectivity index (χ1) is 13.3. The molecule has 0 bridgehead atoms. The molecule has 0 aliphatic heterocycles. The maximum atomic E-state index is 12.4. The first-order valence-corrected chi connectivity index (χ1v) is 9.20. The number of aromatic nitrogens is 2. The van der Waals surface area contributed by atoms with Crippen molar-refractivity contribution in [3.63, 3.8) is 0 Å². The van der Waals surface area contributed by atoms with Crippen LogP contribution in [0.15, 0.2) is 47.6 Å². The number of hydrogen-bond acceptors (Lipinski definition) is 4. The highest BCUT2D eigenvalue weighted by Crippen LogP contribution is 2.29. The second kappa shape index (κ2) is 8.46. The maximum absolute atomic E-state index is 12.4.